The Bertz CT molecular complexity index is 1080. The molecule has 1 unspecified atom stereocenters. The smallest absolute Gasteiger partial charge is 0.303 e. The molecule has 1 saturated carbocycles. The van der Waals surface area contributed by atoms with E-state index in [1.54, 1.807) is 7.11 Å². The zero-order valence-electron chi connectivity index (χ0n) is 23.2. The summed E-state index contributed by atoms with van der Waals surface area (Å²) in [4.78, 5) is 26.9. The zero-order valence-corrected chi connectivity index (χ0v) is 23.2. The van der Waals surface area contributed by atoms with Gasteiger partial charge in [0.15, 0.2) is 5.78 Å². The van der Waals surface area contributed by atoms with Crippen LogP contribution in [0, 0.1) is 17.8 Å². The number of Topliss-reactive ketones (excluding diaryl/α,β-unsaturated/α-hetero) is 1. The summed E-state index contributed by atoms with van der Waals surface area (Å²) < 4.78 is 11.7. The van der Waals surface area contributed by atoms with Crippen LogP contribution in [-0.2, 0) is 4.79 Å². The first-order valence-electron chi connectivity index (χ1n) is 14.3. The zero-order chi connectivity index (χ0) is 27.1. The number of ketones is 1. The summed E-state index contributed by atoms with van der Waals surface area (Å²) >= 11 is 0. The number of carbonyl (C=O) groups is 2. The fourth-order valence-electron chi connectivity index (χ4n) is 5.72. The lowest BCUT2D eigenvalue weighted by molar-refractivity contribution is -0.137. The molecule has 38 heavy (non-hydrogen) atoms. The summed E-state index contributed by atoms with van der Waals surface area (Å²) in [5, 5.41) is 9.35. The van der Waals surface area contributed by atoms with E-state index >= 15 is 0 Å². The maximum absolute atomic E-state index is 13.2. The molecule has 1 atom stereocenters. The van der Waals surface area contributed by atoms with E-state index < -0.39 is 5.97 Å². The number of hydrogen-bond donors (Lipinski definition) is 1. The van der Waals surface area contributed by atoms with Gasteiger partial charge in [-0.1, -0.05) is 38.8 Å². The average molecular weight is 522 g/mol. The lowest BCUT2D eigenvalue weighted by Crippen LogP contribution is -2.36. The second-order valence-electron chi connectivity index (χ2n) is 11.0. The van der Waals surface area contributed by atoms with Crippen LogP contribution < -0.4 is 14.4 Å². The van der Waals surface area contributed by atoms with Gasteiger partial charge in [0.1, 0.15) is 11.5 Å². The van der Waals surface area contributed by atoms with Gasteiger partial charge in [-0.15, -0.1) is 0 Å². The van der Waals surface area contributed by atoms with E-state index in [0.717, 1.165) is 79.9 Å². The lowest BCUT2D eigenvalue weighted by atomic mass is 9.91. The molecule has 2 aromatic carbocycles. The van der Waals surface area contributed by atoms with Gasteiger partial charge in [0.05, 0.1) is 25.8 Å². The Morgan fingerprint density at radius 1 is 0.974 bits per heavy atom. The number of nitrogens with zero attached hydrogens (tertiary/aromatic N) is 1. The highest BCUT2D eigenvalue weighted by atomic mass is 16.5. The van der Waals surface area contributed by atoms with Crippen molar-refractivity contribution in [3.8, 4) is 11.5 Å². The molecule has 206 valence electrons. The topological polar surface area (TPSA) is 76.1 Å². The molecule has 2 fully saturated rings. The van der Waals surface area contributed by atoms with E-state index in [9.17, 15) is 14.7 Å². The predicted octanol–water partition coefficient (Wildman–Crippen LogP) is 6.97. The van der Waals surface area contributed by atoms with Gasteiger partial charge in [-0.05, 0) is 79.2 Å². The maximum atomic E-state index is 13.2. The van der Waals surface area contributed by atoms with Crippen molar-refractivity contribution in [3.63, 3.8) is 0 Å². The molecule has 0 amide bonds. The normalized spacial score (nSPS) is 16.9. The molecule has 1 heterocycles. The van der Waals surface area contributed by atoms with E-state index in [0.29, 0.717) is 30.8 Å². The fourth-order valence-corrected chi connectivity index (χ4v) is 5.72. The Morgan fingerprint density at radius 3 is 2.34 bits per heavy atom. The molecule has 6 nitrogen and oxygen atoms in total. The lowest BCUT2D eigenvalue weighted by Gasteiger charge is -2.34. The molecular formula is C32H43NO5. The molecule has 0 radical (unpaired) electrons. The molecule has 2 aromatic rings. The van der Waals surface area contributed by atoms with Gasteiger partial charge in [-0.3, -0.25) is 9.59 Å². The standard InChI is InChI=1S/C32H43NO5/c1-4-22(5-2)17-31(34)28-12-11-26(37-3)19-30(28)33-15-13-23(14-16-33)21-38-27-8-6-7-25(18-27)29(20-32(35)36)24-9-10-24/h6-8,11-12,18-19,22-24,29H,4-5,9-10,13-17,20-21H2,1-3H3,(H,35,36). The predicted molar refractivity (Wildman–Crippen MR) is 151 cm³/mol. The number of carbonyl (C=O) groups excluding carboxylic acids is 1. The number of benzene rings is 2. The number of rotatable bonds is 14. The van der Waals surface area contributed by atoms with E-state index in [1.807, 2.05) is 42.5 Å². The summed E-state index contributed by atoms with van der Waals surface area (Å²) in [6, 6.07) is 13.9. The van der Waals surface area contributed by atoms with Crippen LogP contribution in [0.5, 0.6) is 11.5 Å². The van der Waals surface area contributed by atoms with Crippen LogP contribution >= 0.6 is 0 Å². The molecule has 4 rings (SSSR count). The third-order valence-electron chi connectivity index (χ3n) is 8.45. The minimum absolute atomic E-state index is 0.0731. The molecule has 1 aliphatic heterocycles. The van der Waals surface area contributed by atoms with Crippen molar-refractivity contribution in [2.45, 2.75) is 71.1 Å². The molecular weight excluding hydrogens is 478 g/mol. The highest BCUT2D eigenvalue weighted by molar-refractivity contribution is 6.01. The number of carboxylic acid groups (broad SMARTS) is 1. The fraction of sp³-hybridized carbons (Fsp3) is 0.562. The summed E-state index contributed by atoms with van der Waals surface area (Å²) in [5.41, 5.74) is 2.86. The van der Waals surface area contributed by atoms with Crippen molar-refractivity contribution in [1.29, 1.82) is 0 Å². The van der Waals surface area contributed by atoms with Crippen LogP contribution in [0.15, 0.2) is 42.5 Å². The average Bonchev–Trinajstić information content (AvgIpc) is 3.79. The molecule has 0 spiro atoms. The highest BCUT2D eigenvalue weighted by Crippen LogP contribution is 2.45. The van der Waals surface area contributed by atoms with E-state index in [4.69, 9.17) is 9.47 Å². The Labute approximate surface area is 227 Å². The highest BCUT2D eigenvalue weighted by Gasteiger charge is 2.34. The third kappa shape index (κ3) is 7.30. The first kappa shape index (κ1) is 28.0. The van der Waals surface area contributed by atoms with Crippen molar-refractivity contribution in [1.82, 2.24) is 0 Å². The number of hydrogen-bond acceptors (Lipinski definition) is 5. The first-order chi connectivity index (χ1) is 18.4. The Hall–Kier alpha value is -3.02. The van der Waals surface area contributed by atoms with Gasteiger partial charge < -0.3 is 19.5 Å². The van der Waals surface area contributed by atoms with Crippen LogP contribution in [0.1, 0.15) is 87.1 Å². The quantitative estimate of drug-likeness (QED) is 0.271. The molecule has 6 heteroatoms. The minimum atomic E-state index is -0.739. The van der Waals surface area contributed by atoms with Crippen molar-refractivity contribution < 1.29 is 24.2 Å². The Balaban J connectivity index is 1.36. The molecule has 2 aliphatic rings. The van der Waals surface area contributed by atoms with Gasteiger partial charge in [-0.2, -0.15) is 0 Å². The monoisotopic (exact) mass is 521 g/mol. The summed E-state index contributed by atoms with van der Waals surface area (Å²) in [5.74, 6) is 2.48. The second-order valence-corrected chi connectivity index (χ2v) is 11.0. The number of piperidine rings is 1. The molecule has 1 aliphatic carbocycles. The van der Waals surface area contributed by atoms with E-state index in [2.05, 4.69) is 18.7 Å². The van der Waals surface area contributed by atoms with Crippen molar-refractivity contribution in [2.24, 2.45) is 17.8 Å². The summed E-state index contributed by atoms with van der Waals surface area (Å²) in [6.07, 6.45) is 7.00. The molecule has 1 saturated heterocycles. The number of methoxy groups -OCH3 is 1. The minimum Gasteiger partial charge on any atom is -0.497 e. The van der Waals surface area contributed by atoms with Crippen molar-refractivity contribution in [3.05, 3.63) is 53.6 Å². The van der Waals surface area contributed by atoms with Crippen LogP contribution in [0.3, 0.4) is 0 Å². The number of carboxylic acids is 1. The largest absolute Gasteiger partial charge is 0.497 e. The summed E-state index contributed by atoms with van der Waals surface area (Å²) in [7, 11) is 1.66. The van der Waals surface area contributed by atoms with Crippen molar-refractivity contribution in [2.75, 3.05) is 31.7 Å². The van der Waals surface area contributed by atoms with Crippen LogP contribution in [-0.4, -0.2) is 43.7 Å². The van der Waals surface area contributed by atoms with Gasteiger partial charge in [0, 0.05) is 31.1 Å². The molecule has 0 aromatic heterocycles. The SMILES string of the molecule is CCC(CC)CC(=O)c1ccc(OC)cc1N1CCC(COc2cccc(C(CC(=O)O)C3CC3)c2)CC1. The van der Waals surface area contributed by atoms with Crippen LogP contribution in [0.4, 0.5) is 5.69 Å². The maximum Gasteiger partial charge on any atom is 0.303 e. The first-order valence-corrected chi connectivity index (χ1v) is 14.3. The number of aliphatic carboxylic acids is 1. The Kier molecular flexibility index (Phi) is 9.70. The van der Waals surface area contributed by atoms with Gasteiger partial charge in [0.25, 0.3) is 0 Å². The van der Waals surface area contributed by atoms with Crippen LogP contribution in [0.2, 0.25) is 0 Å². The molecule has 0 bridgehead atoms. The van der Waals surface area contributed by atoms with E-state index in [-0.39, 0.29) is 18.1 Å². The number of anilines is 1. The van der Waals surface area contributed by atoms with Crippen molar-refractivity contribution >= 4 is 17.4 Å². The van der Waals surface area contributed by atoms with Gasteiger partial charge in [0.2, 0.25) is 0 Å². The Morgan fingerprint density at radius 2 is 1.71 bits per heavy atom. The number of ether oxygens (including phenoxy) is 2. The second kappa shape index (κ2) is 13.2. The molecule has 1 N–H and O–H groups in total. The van der Waals surface area contributed by atoms with Gasteiger partial charge in [-0.25, -0.2) is 0 Å². The van der Waals surface area contributed by atoms with E-state index in [1.165, 1.54) is 0 Å². The van der Waals surface area contributed by atoms with Gasteiger partial charge >= 0.3 is 5.97 Å². The van der Waals surface area contributed by atoms with Crippen LogP contribution in [0.25, 0.3) is 0 Å². The summed E-state index contributed by atoms with van der Waals surface area (Å²) in [6.45, 7) is 6.69. The third-order valence-corrected chi connectivity index (χ3v) is 8.45.